The van der Waals surface area contributed by atoms with Crippen molar-refractivity contribution in [2.24, 2.45) is 0 Å². The molecule has 130 valence electrons. The Morgan fingerprint density at radius 3 is 2.64 bits per heavy atom. The molecule has 0 aromatic heterocycles. The molecule has 1 aliphatic heterocycles. The minimum Gasteiger partial charge on any atom is -0.449 e. The smallest absolute Gasteiger partial charge is 0.341 e. The van der Waals surface area contributed by atoms with Gasteiger partial charge in [0, 0.05) is 18.8 Å². The summed E-state index contributed by atoms with van der Waals surface area (Å²) in [5, 5.41) is 0. The number of esters is 1. The van der Waals surface area contributed by atoms with E-state index in [1.807, 2.05) is 18.2 Å². The number of rotatable bonds is 3. The number of nitrogens with zero attached hydrogens (tertiary/aromatic N) is 1. The molecule has 3 rings (SSSR count). The van der Waals surface area contributed by atoms with E-state index in [9.17, 15) is 14.0 Å². The van der Waals surface area contributed by atoms with Crippen LogP contribution in [0.15, 0.2) is 42.5 Å². The molecule has 1 heterocycles. The molecule has 5 nitrogen and oxygen atoms in total. The summed E-state index contributed by atoms with van der Waals surface area (Å²) in [5.74, 6) is -1.54. The molecule has 6 heteroatoms. The van der Waals surface area contributed by atoms with E-state index in [0.717, 1.165) is 24.1 Å². The standard InChI is InChI=1S/C19H19FN2O3/c1-12(25-19(24)16-7-6-15(20)10-17(16)21)18(23)22-9-8-13-4-2-3-5-14(13)11-22/h2-7,10,12H,8-9,11,21H2,1H3/t12-/m0/s1. The van der Waals surface area contributed by atoms with E-state index in [-0.39, 0.29) is 17.2 Å². The lowest BCUT2D eigenvalue weighted by Gasteiger charge is -2.30. The summed E-state index contributed by atoms with van der Waals surface area (Å²) in [6.45, 7) is 2.60. The first-order chi connectivity index (χ1) is 12.0. The number of amides is 1. The number of fused-ring (bicyclic) bond motifs is 1. The van der Waals surface area contributed by atoms with Crippen molar-refractivity contribution in [3.8, 4) is 0 Å². The highest BCUT2D eigenvalue weighted by molar-refractivity contribution is 5.96. The number of hydrogen-bond donors (Lipinski definition) is 1. The first kappa shape index (κ1) is 17.0. The van der Waals surface area contributed by atoms with Crippen LogP contribution in [0.2, 0.25) is 0 Å². The average molecular weight is 342 g/mol. The largest absolute Gasteiger partial charge is 0.449 e. The summed E-state index contributed by atoms with van der Waals surface area (Å²) in [5.41, 5.74) is 8.00. The Morgan fingerprint density at radius 2 is 1.92 bits per heavy atom. The second-order valence-electron chi connectivity index (χ2n) is 6.06. The van der Waals surface area contributed by atoms with Crippen molar-refractivity contribution in [3.63, 3.8) is 0 Å². The molecular weight excluding hydrogens is 323 g/mol. The number of halogens is 1. The first-order valence-electron chi connectivity index (χ1n) is 8.07. The van der Waals surface area contributed by atoms with Gasteiger partial charge in [0.1, 0.15) is 5.82 Å². The van der Waals surface area contributed by atoms with Crippen molar-refractivity contribution in [3.05, 3.63) is 65.0 Å². The normalized spacial score (nSPS) is 14.6. The maximum atomic E-state index is 13.1. The van der Waals surface area contributed by atoms with Crippen molar-refractivity contribution in [1.82, 2.24) is 4.90 Å². The molecule has 1 aliphatic rings. The monoisotopic (exact) mass is 342 g/mol. The fraction of sp³-hybridized carbons (Fsp3) is 0.263. The van der Waals surface area contributed by atoms with E-state index in [2.05, 4.69) is 6.07 Å². The number of anilines is 1. The Hall–Kier alpha value is -2.89. The number of carbonyl (C=O) groups is 2. The van der Waals surface area contributed by atoms with Crippen LogP contribution < -0.4 is 5.73 Å². The second kappa shape index (κ2) is 6.93. The highest BCUT2D eigenvalue weighted by Crippen LogP contribution is 2.20. The number of hydrogen-bond acceptors (Lipinski definition) is 4. The number of nitrogens with two attached hydrogens (primary N) is 1. The number of nitrogen functional groups attached to an aromatic ring is 1. The van der Waals surface area contributed by atoms with Gasteiger partial charge < -0.3 is 15.4 Å². The van der Waals surface area contributed by atoms with Crippen molar-refractivity contribution >= 4 is 17.6 Å². The van der Waals surface area contributed by atoms with E-state index >= 15 is 0 Å². The lowest BCUT2D eigenvalue weighted by molar-refractivity contribution is -0.140. The molecule has 0 bridgehead atoms. The van der Waals surface area contributed by atoms with Crippen LogP contribution in [-0.2, 0) is 22.5 Å². The third kappa shape index (κ3) is 3.63. The zero-order valence-electron chi connectivity index (χ0n) is 13.9. The van der Waals surface area contributed by atoms with Crippen LogP contribution in [0.1, 0.15) is 28.4 Å². The molecule has 0 radical (unpaired) electrons. The van der Waals surface area contributed by atoms with E-state index in [4.69, 9.17) is 10.5 Å². The van der Waals surface area contributed by atoms with Crippen molar-refractivity contribution in [2.45, 2.75) is 26.0 Å². The maximum absolute atomic E-state index is 13.1. The summed E-state index contributed by atoms with van der Waals surface area (Å²) in [7, 11) is 0. The van der Waals surface area contributed by atoms with Crippen molar-refractivity contribution in [1.29, 1.82) is 0 Å². The van der Waals surface area contributed by atoms with Gasteiger partial charge in [-0.25, -0.2) is 9.18 Å². The minimum atomic E-state index is -0.942. The quantitative estimate of drug-likeness (QED) is 0.687. The van der Waals surface area contributed by atoms with Gasteiger partial charge in [0.05, 0.1) is 5.56 Å². The van der Waals surface area contributed by atoms with Gasteiger partial charge >= 0.3 is 5.97 Å². The molecular formula is C19H19FN2O3. The molecule has 0 saturated heterocycles. The van der Waals surface area contributed by atoms with E-state index in [0.29, 0.717) is 13.1 Å². The van der Waals surface area contributed by atoms with Gasteiger partial charge in [-0.3, -0.25) is 4.79 Å². The predicted molar refractivity (Wildman–Crippen MR) is 91.3 cm³/mol. The van der Waals surface area contributed by atoms with Gasteiger partial charge in [0.25, 0.3) is 5.91 Å². The lowest BCUT2D eigenvalue weighted by atomic mass is 9.99. The third-order valence-corrected chi connectivity index (χ3v) is 4.31. The van der Waals surface area contributed by atoms with Gasteiger partial charge in [-0.15, -0.1) is 0 Å². The summed E-state index contributed by atoms with van der Waals surface area (Å²) in [6.07, 6.45) is -0.171. The van der Waals surface area contributed by atoms with Crippen LogP contribution in [-0.4, -0.2) is 29.4 Å². The lowest BCUT2D eigenvalue weighted by Crippen LogP contribution is -2.42. The van der Waals surface area contributed by atoms with Crippen LogP contribution in [0.3, 0.4) is 0 Å². The zero-order chi connectivity index (χ0) is 18.0. The SMILES string of the molecule is C[C@H](OC(=O)c1ccc(F)cc1N)C(=O)N1CCc2ccccc2C1. The van der Waals surface area contributed by atoms with Gasteiger partial charge in [-0.05, 0) is 42.7 Å². The minimum absolute atomic E-state index is 0.0171. The molecule has 25 heavy (non-hydrogen) atoms. The van der Waals surface area contributed by atoms with Crippen LogP contribution in [0.4, 0.5) is 10.1 Å². The van der Waals surface area contributed by atoms with E-state index in [1.54, 1.807) is 4.90 Å². The van der Waals surface area contributed by atoms with Crippen LogP contribution >= 0.6 is 0 Å². The molecule has 2 N–H and O–H groups in total. The summed E-state index contributed by atoms with van der Waals surface area (Å²) < 4.78 is 18.3. The van der Waals surface area contributed by atoms with Gasteiger partial charge in [0.15, 0.2) is 6.10 Å². The first-order valence-corrected chi connectivity index (χ1v) is 8.07. The Kier molecular flexibility index (Phi) is 4.70. The Labute approximate surface area is 145 Å². The van der Waals surface area contributed by atoms with Gasteiger partial charge in [0.2, 0.25) is 0 Å². The fourth-order valence-electron chi connectivity index (χ4n) is 2.93. The Morgan fingerprint density at radius 1 is 1.20 bits per heavy atom. The second-order valence-corrected chi connectivity index (χ2v) is 6.06. The molecule has 0 spiro atoms. The van der Waals surface area contributed by atoms with E-state index in [1.165, 1.54) is 18.6 Å². The highest BCUT2D eigenvalue weighted by Gasteiger charge is 2.27. The Bertz CT molecular complexity index is 822. The molecule has 1 atom stereocenters. The molecule has 2 aromatic carbocycles. The molecule has 0 saturated carbocycles. The van der Waals surface area contributed by atoms with Crippen molar-refractivity contribution < 1.29 is 18.7 Å². The highest BCUT2D eigenvalue weighted by atomic mass is 19.1. The van der Waals surface area contributed by atoms with Gasteiger partial charge in [-0.1, -0.05) is 24.3 Å². The summed E-state index contributed by atoms with van der Waals surface area (Å²) in [4.78, 5) is 26.4. The molecule has 2 aromatic rings. The van der Waals surface area contributed by atoms with E-state index < -0.39 is 17.9 Å². The molecule has 0 unspecified atom stereocenters. The Balaban J connectivity index is 1.66. The van der Waals surface area contributed by atoms with Crippen molar-refractivity contribution in [2.75, 3.05) is 12.3 Å². The number of benzene rings is 2. The summed E-state index contributed by atoms with van der Waals surface area (Å²) in [6, 6.07) is 11.4. The predicted octanol–water partition coefficient (Wildman–Crippen LogP) is 2.54. The van der Waals surface area contributed by atoms with Crippen LogP contribution in [0, 0.1) is 5.82 Å². The molecule has 0 aliphatic carbocycles. The topological polar surface area (TPSA) is 72.6 Å². The van der Waals surface area contributed by atoms with Gasteiger partial charge in [-0.2, -0.15) is 0 Å². The maximum Gasteiger partial charge on any atom is 0.341 e. The average Bonchev–Trinajstić information content (AvgIpc) is 2.60. The van der Waals surface area contributed by atoms with Crippen LogP contribution in [0.25, 0.3) is 0 Å². The van der Waals surface area contributed by atoms with Crippen LogP contribution in [0.5, 0.6) is 0 Å². The number of carbonyl (C=O) groups excluding carboxylic acids is 2. The molecule has 0 fully saturated rings. The summed E-state index contributed by atoms with van der Waals surface area (Å²) >= 11 is 0. The third-order valence-electron chi connectivity index (χ3n) is 4.31. The number of ether oxygens (including phenoxy) is 1. The fourth-order valence-corrected chi connectivity index (χ4v) is 2.93. The molecule has 1 amide bonds. The zero-order valence-corrected chi connectivity index (χ0v) is 13.9.